The van der Waals surface area contributed by atoms with E-state index in [0.29, 0.717) is 5.76 Å². The molecule has 0 saturated heterocycles. The predicted octanol–water partition coefficient (Wildman–Crippen LogP) is 4.58. The van der Waals surface area contributed by atoms with E-state index in [-0.39, 0.29) is 0 Å². The fraction of sp³-hybridized carbons (Fsp3) is 0.0500. The minimum Gasteiger partial charge on any atom is -0.496 e. The molecule has 0 aliphatic rings. The summed E-state index contributed by atoms with van der Waals surface area (Å²) in [4.78, 5) is 11.0. The molecule has 3 rings (SSSR count). The number of benzene rings is 3. The van der Waals surface area contributed by atoms with E-state index >= 15 is 0 Å². The summed E-state index contributed by atoms with van der Waals surface area (Å²) in [6.07, 6.45) is 1.09. The average Bonchev–Trinajstić information content (AvgIpc) is 2.59. The number of fused-ring (bicyclic) bond motifs is 1. The second-order valence-electron chi connectivity index (χ2n) is 5.16. The lowest BCUT2D eigenvalue weighted by atomic mass is 9.97. The summed E-state index contributed by atoms with van der Waals surface area (Å²) in [5.74, 6) is -0.689. The van der Waals surface area contributed by atoms with E-state index in [4.69, 9.17) is 9.84 Å². The van der Waals surface area contributed by atoms with Crippen LogP contribution in [0, 0.1) is 0 Å². The summed E-state index contributed by atoms with van der Waals surface area (Å²) in [5, 5.41) is 11.0. The summed E-state index contributed by atoms with van der Waals surface area (Å²) in [7, 11) is 1.48. The molecule has 3 heteroatoms. The number of methoxy groups -OCH3 is 1. The SMILES string of the molecule is CO/C(=C/C(=O)O)c1cccc2ccc(-c3ccccc3)cc12. The predicted molar refractivity (Wildman–Crippen MR) is 92.0 cm³/mol. The van der Waals surface area contributed by atoms with Gasteiger partial charge in [0.1, 0.15) is 5.76 Å². The molecule has 0 aliphatic heterocycles. The van der Waals surface area contributed by atoms with Gasteiger partial charge in [-0.2, -0.15) is 0 Å². The zero-order valence-electron chi connectivity index (χ0n) is 12.7. The molecule has 0 aliphatic carbocycles. The van der Waals surface area contributed by atoms with E-state index in [1.807, 2.05) is 54.6 Å². The van der Waals surface area contributed by atoms with Crippen LogP contribution in [0.5, 0.6) is 0 Å². The van der Waals surface area contributed by atoms with Crippen LogP contribution in [0.25, 0.3) is 27.7 Å². The van der Waals surface area contributed by atoms with Crippen molar-refractivity contribution < 1.29 is 14.6 Å². The van der Waals surface area contributed by atoms with Crippen molar-refractivity contribution in [3.63, 3.8) is 0 Å². The Hall–Kier alpha value is -3.07. The number of rotatable bonds is 4. The van der Waals surface area contributed by atoms with Crippen molar-refractivity contribution in [2.45, 2.75) is 0 Å². The van der Waals surface area contributed by atoms with E-state index < -0.39 is 5.97 Å². The van der Waals surface area contributed by atoms with E-state index in [9.17, 15) is 4.79 Å². The Morgan fingerprint density at radius 3 is 2.43 bits per heavy atom. The van der Waals surface area contributed by atoms with Crippen LogP contribution >= 0.6 is 0 Å². The van der Waals surface area contributed by atoms with Crippen molar-refractivity contribution in [1.82, 2.24) is 0 Å². The van der Waals surface area contributed by atoms with Crippen LogP contribution in [0.2, 0.25) is 0 Å². The smallest absolute Gasteiger partial charge is 0.332 e. The third-order valence-electron chi connectivity index (χ3n) is 3.73. The second-order valence-corrected chi connectivity index (χ2v) is 5.16. The summed E-state index contributed by atoms with van der Waals surface area (Å²) < 4.78 is 5.28. The molecule has 0 amide bonds. The number of carboxylic acid groups (broad SMARTS) is 1. The Bertz CT molecular complexity index is 880. The van der Waals surface area contributed by atoms with Crippen LogP contribution in [0.1, 0.15) is 5.56 Å². The number of carbonyl (C=O) groups is 1. The lowest BCUT2D eigenvalue weighted by Gasteiger charge is -2.11. The molecule has 0 atom stereocenters. The highest BCUT2D eigenvalue weighted by Crippen LogP contribution is 2.30. The van der Waals surface area contributed by atoms with Gasteiger partial charge in [-0.3, -0.25) is 0 Å². The van der Waals surface area contributed by atoms with Gasteiger partial charge in [-0.05, 0) is 28.0 Å². The zero-order chi connectivity index (χ0) is 16.2. The van der Waals surface area contributed by atoms with Crippen LogP contribution in [0.15, 0.2) is 72.8 Å². The van der Waals surface area contributed by atoms with Gasteiger partial charge in [0, 0.05) is 5.56 Å². The topological polar surface area (TPSA) is 46.5 Å². The van der Waals surface area contributed by atoms with Crippen LogP contribution in [-0.4, -0.2) is 18.2 Å². The van der Waals surface area contributed by atoms with Crippen molar-refractivity contribution in [2.75, 3.05) is 7.11 Å². The number of hydrogen-bond donors (Lipinski definition) is 1. The van der Waals surface area contributed by atoms with E-state index in [2.05, 4.69) is 12.1 Å². The maximum atomic E-state index is 11.0. The average molecular weight is 304 g/mol. The van der Waals surface area contributed by atoms with Gasteiger partial charge >= 0.3 is 5.97 Å². The molecule has 3 aromatic carbocycles. The zero-order valence-corrected chi connectivity index (χ0v) is 12.7. The molecule has 0 saturated carbocycles. The molecule has 1 N–H and O–H groups in total. The Kier molecular flexibility index (Phi) is 4.11. The van der Waals surface area contributed by atoms with Gasteiger partial charge in [-0.1, -0.05) is 60.7 Å². The minimum absolute atomic E-state index is 0.341. The molecule has 0 heterocycles. The molecule has 0 fully saturated rings. The lowest BCUT2D eigenvalue weighted by Crippen LogP contribution is -1.95. The van der Waals surface area contributed by atoms with E-state index in [1.54, 1.807) is 0 Å². The summed E-state index contributed by atoms with van der Waals surface area (Å²) in [5.41, 5.74) is 2.96. The fourth-order valence-corrected chi connectivity index (χ4v) is 2.66. The monoisotopic (exact) mass is 304 g/mol. The third-order valence-corrected chi connectivity index (χ3v) is 3.73. The highest BCUT2D eigenvalue weighted by Gasteiger charge is 2.10. The summed E-state index contributed by atoms with van der Waals surface area (Å²) >= 11 is 0. The summed E-state index contributed by atoms with van der Waals surface area (Å²) in [6, 6.07) is 22.0. The van der Waals surface area contributed by atoms with Crippen molar-refractivity contribution >= 4 is 22.5 Å². The third kappa shape index (κ3) is 3.09. The molecule has 0 spiro atoms. The van der Waals surface area contributed by atoms with Gasteiger partial charge in [0.15, 0.2) is 0 Å². The van der Waals surface area contributed by atoms with Crippen LogP contribution in [-0.2, 0) is 9.53 Å². The number of hydrogen-bond acceptors (Lipinski definition) is 2. The number of aliphatic carboxylic acids is 1. The number of carboxylic acids is 1. The van der Waals surface area contributed by atoms with Gasteiger partial charge in [0.25, 0.3) is 0 Å². The number of ether oxygens (including phenoxy) is 1. The van der Waals surface area contributed by atoms with Crippen molar-refractivity contribution in [2.24, 2.45) is 0 Å². The van der Waals surface area contributed by atoms with E-state index in [1.165, 1.54) is 7.11 Å². The largest absolute Gasteiger partial charge is 0.496 e. The first-order valence-electron chi connectivity index (χ1n) is 7.26. The Morgan fingerprint density at radius 1 is 0.957 bits per heavy atom. The minimum atomic E-state index is -1.03. The highest BCUT2D eigenvalue weighted by atomic mass is 16.5. The van der Waals surface area contributed by atoms with Gasteiger partial charge in [-0.25, -0.2) is 4.79 Å². The Morgan fingerprint density at radius 2 is 1.74 bits per heavy atom. The van der Waals surface area contributed by atoms with Crippen LogP contribution < -0.4 is 0 Å². The lowest BCUT2D eigenvalue weighted by molar-refractivity contribution is -0.131. The van der Waals surface area contributed by atoms with Crippen LogP contribution in [0.3, 0.4) is 0 Å². The highest BCUT2D eigenvalue weighted by molar-refractivity contribution is 5.98. The van der Waals surface area contributed by atoms with Crippen molar-refractivity contribution in [3.8, 4) is 11.1 Å². The molecular formula is C20H16O3. The molecule has 0 unspecified atom stereocenters. The van der Waals surface area contributed by atoms with Gasteiger partial charge in [-0.15, -0.1) is 0 Å². The summed E-state index contributed by atoms with van der Waals surface area (Å²) in [6.45, 7) is 0. The first-order valence-corrected chi connectivity index (χ1v) is 7.26. The first-order chi connectivity index (χ1) is 11.2. The quantitative estimate of drug-likeness (QED) is 0.567. The molecule has 0 radical (unpaired) electrons. The maximum Gasteiger partial charge on any atom is 0.332 e. The standard InChI is InChI=1S/C20H16O3/c1-23-19(13-20(21)22)17-9-5-8-15-10-11-16(12-18(15)17)14-6-3-2-4-7-14/h2-13H,1H3,(H,21,22)/b19-13+. The Labute approximate surface area is 134 Å². The van der Waals surface area contributed by atoms with Crippen molar-refractivity contribution in [1.29, 1.82) is 0 Å². The molecular weight excluding hydrogens is 288 g/mol. The maximum absolute atomic E-state index is 11.0. The van der Waals surface area contributed by atoms with E-state index in [0.717, 1.165) is 33.5 Å². The molecule has 0 bridgehead atoms. The second kappa shape index (κ2) is 6.36. The van der Waals surface area contributed by atoms with Gasteiger partial charge in [0.2, 0.25) is 0 Å². The van der Waals surface area contributed by atoms with Gasteiger partial charge in [0.05, 0.1) is 13.2 Å². The normalized spacial score (nSPS) is 11.4. The first kappa shape index (κ1) is 14.9. The Balaban J connectivity index is 2.21. The van der Waals surface area contributed by atoms with Crippen molar-refractivity contribution in [3.05, 3.63) is 78.4 Å². The molecule has 3 nitrogen and oxygen atoms in total. The molecule has 23 heavy (non-hydrogen) atoms. The molecule has 114 valence electrons. The fourth-order valence-electron chi connectivity index (χ4n) is 2.66. The van der Waals surface area contributed by atoms with Gasteiger partial charge < -0.3 is 9.84 Å². The van der Waals surface area contributed by atoms with Crippen LogP contribution in [0.4, 0.5) is 0 Å². The molecule has 0 aromatic heterocycles. The molecule has 3 aromatic rings.